The van der Waals surface area contributed by atoms with E-state index in [1.54, 1.807) is 18.5 Å². The number of carbonyl (C=O) groups excluding carboxylic acids is 1. The molecule has 0 atom stereocenters. The van der Waals surface area contributed by atoms with Gasteiger partial charge in [0.15, 0.2) is 0 Å². The van der Waals surface area contributed by atoms with Crippen LogP contribution in [0.5, 0.6) is 0 Å². The molecule has 7 nitrogen and oxygen atoms in total. The average Bonchev–Trinajstić information content (AvgIpc) is 3.08. The first kappa shape index (κ1) is 20.5. The standard InChI is InChI=1S/C19H21BrN4O3S/c1-23(2)28(26,27)18-12-14(8-9-15(18)20)19(25)21-10-5-11-24-13-22-16-6-3-4-7-17(16)24/h3-4,6-9,12-13H,5,10-11H2,1-2H3,(H,21,25). The minimum absolute atomic E-state index is 0.0648. The van der Waals surface area contributed by atoms with Crippen LogP contribution in [-0.2, 0) is 16.6 Å². The summed E-state index contributed by atoms with van der Waals surface area (Å²) in [5.41, 5.74) is 2.30. The van der Waals surface area contributed by atoms with Gasteiger partial charge in [0.1, 0.15) is 0 Å². The van der Waals surface area contributed by atoms with E-state index in [0.717, 1.165) is 28.3 Å². The summed E-state index contributed by atoms with van der Waals surface area (Å²) in [5, 5.41) is 2.84. The summed E-state index contributed by atoms with van der Waals surface area (Å²) < 4.78 is 28.3. The Hall–Kier alpha value is -2.23. The number of fused-ring (bicyclic) bond motifs is 1. The van der Waals surface area contributed by atoms with Gasteiger partial charge < -0.3 is 9.88 Å². The first-order chi connectivity index (χ1) is 13.3. The highest BCUT2D eigenvalue weighted by Crippen LogP contribution is 2.25. The van der Waals surface area contributed by atoms with Crippen molar-refractivity contribution < 1.29 is 13.2 Å². The lowest BCUT2D eigenvalue weighted by atomic mass is 10.2. The lowest BCUT2D eigenvalue weighted by Crippen LogP contribution is -2.26. The van der Waals surface area contributed by atoms with Crippen LogP contribution in [0.4, 0.5) is 0 Å². The first-order valence-corrected chi connectivity index (χ1v) is 10.9. The molecular weight excluding hydrogens is 444 g/mol. The molecule has 0 radical (unpaired) electrons. The number of hydrogen-bond donors (Lipinski definition) is 1. The Morgan fingerprint density at radius 2 is 1.96 bits per heavy atom. The van der Waals surface area contributed by atoms with Crippen molar-refractivity contribution in [1.29, 1.82) is 0 Å². The molecular formula is C19H21BrN4O3S. The number of aryl methyl sites for hydroxylation is 1. The topological polar surface area (TPSA) is 84.3 Å². The van der Waals surface area contributed by atoms with Crippen LogP contribution >= 0.6 is 15.9 Å². The van der Waals surface area contributed by atoms with Gasteiger partial charge >= 0.3 is 0 Å². The number of sulfonamides is 1. The lowest BCUT2D eigenvalue weighted by molar-refractivity contribution is 0.0952. The molecule has 3 aromatic rings. The van der Waals surface area contributed by atoms with E-state index >= 15 is 0 Å². The van der Waals surface area contributed by atoms with Crippen molar-refractivity contribution in [2.24, 2.45) is 0 Å². The molecule has 0 saturated carbocycles. The Kier molecular flexibility index (Phi) is 6.17. The van der Waals surface area contributed by atoms with Gasteiger partial charge in [-0.15, -0.1) is 0 Å². The van der Waals surface area contributed by atoms with Crippen LogP contribution in [0.2, 0.25) is 0 Å². The van der Waals surface area contributed by atoms with Gasteiger partial charge in [0.25, 0.3) is 5.91 Å². The lowest BCUT2D eigenvalue weighted by Gasteiger charge is -2.14. The second-order valence-corrected chi connectivity index (χ2v) is 9.44. The highest BCUT2D eigenvalue weighted by molar-refractivity contribution is 9.10. The smallest absolute Gasteiger partial charge is 0.251 e. The summed E-state index contributed by atoms with van der Waals surface area (Å²) in [7, 11) is -0.738. The van der Waals surface area contributed by atoms with Gasteiger partial charge in [-0.3, -0.25) is 4.79 Å². The summed E-state index contributed by atoms with van der Waals surface area (Å²) in [6.07, 6.45) is 2.52. The molecule has 0 spiro atoms. The normalized spacial score (nSPS) is 11.9. The zero-order chi connectivity index (χ0) is 20.3. The molecule has 0 aliphatic heterocycles. The second-order valence-electron chi connectivity index (χ2n) is 6.47. The van der Waals surface area contributed by atoms with Crippen molar-refractivity contribution in [2.75, 3.05) is 20.6 Å². The van der Waals surface area contributed by atoms with Gasteiger partial charge in [0.2, 0.25) is 10.0 Å². The third-order valence-electron chi connectivity index (χ3n) is 4.34. The molecule has 0 saturated heterocycles. The molecule has 0 fully saturated rings. The Labute approximate surface area is 172 Å². The summed E-state index contributed by atoms with van der Waals surface area (Å²) in [6.45, 7) is 1.19. The van der Waals surface area contributed by atoms with Gasteiger partial charge in [-0.2, -0.15) is 0 Å². The van der Waals surface area contributed by atoms with Crippen molar-refractivity contribution in [3.05, 3.63) is 58.8 Å². The highest BCUT2D eigenvalue weighted by Gasteiger charge is 2.22. The monoisotopic (exact) mass is 464 g/mol. The van der Waals surface area contributed by atoms with Crippen LogP contribution in [-0.4, -0.2) is 48.8 Å². The molecule has 1 heterocycles. The molecule has 28 heavy (non-hydrogen) atoms. The second kappa shape index (κ2) is 8.42. The number of imidazole rings is 1. The molecule has 0 bridgehead atoms. The molecule has 148 valence electrons. The molecule has 3 rings (SSSR count). The van der Waals surface area contributed by atoms with Gasteiger partial charge in [-0.05, 0) is 52.7 Å². The molecule has 0 unspecified atom stereocenters. The van der Waals surface area contributed by atoms with Crippen molar-refractivity contribution in [3.8, 4) is 0 Å². The number of carbonyl (C=O) groups is 1. The molecule has 9 heteroatoms. The van der Waals surface area contributed by atoms with Crippen LogP contribution in [0, 0.1) is 0 Å². The molecule has 1 aromatic heterocycles. The fourth-order valence-corrected chi connectivity index (χ4v) is 4.62. The largest absolute Gasteiger partial charge is 0.352 e. The predicted molar refractivity (Wildman–Crippen MR) is 112 cm³/mol. The van der Waals surface area contributed by atoms with E-state index in [2.05, 4.69) is 26.2 Å². The van der Waals surface area contributed by atoms with Gasteiger partial charge in [-0.1, -0.05) is 12.1 Å². The van der Waals surface area contributed by atoms with E-state index in [1.165, 1.54) is 20.2 Å². The third-order valence-corrected chi connectivity index (χ3v) is 7.15. The fraction of sp³-hybridized carbons (Fsp3) is 0.263. The summed E-state index contributed by atoms with van der Waals surface area (Å²) >= 11 is 3.24. The summed E-state index contributed by atoms with van der Waals surface area (Å²) in [5.74, 6) is -0.307. The van der Waals surface area contributed by atoms with E-state index in [-0.39, 0.29) is 10.8 Å². The molecule has 1 N–H and O–H groups in total. The molecule has 0 aliphatic carbocycles. The maximum Gasteiger partial charge on any atom is 0.251 e. The van der Waals surface area contributed by atoms with Crippen LogP contribution < -0.4 is 5.32 Å². The number of amides is 1. The van der Waals surface area contributed by atoms with E-state index in [4.69, 9.17) is 0 Å². The number of rotatable bonds is 7. The predicted octanol–water partition coefficient (Wildman–Crippen LogP) is 2.87. The van der Waals surface area contributed by atoms with E-state index in [0.29, 0.717) is 16.6 Å². The number of para-hydroxylation sites is 2. The number of aromatic nitrogens is 2. The van der Waals surface area contributed by atoms with Crippen LogP contribution in [0.15, 0.2) is 58.2 Å². The molecule has 1 amide bonds. The number of nitrogens with one attached hydrogen (secondary N) is 1. The average molecular weight is 465 g/mol. The Morgan fingerprint density at radius 1 is 1.21 bits per heavy atom. The minimum atomic E-state index is -3.64. The first-order valence-electron chi connectivity index (χ1n) is 8.71. The SMILES string of the molecule is CN(C)S(=O)(=O)c1cc(C(=O)NCCCn2cnc3ccccc32)ccc1Br. The summed E-state index contributed by atoms with van der Waals surface area (Å²) in [6, 6.07) is 12.4. The quantitative estimate of drug-likeness (QED) is 0.544. The zero-order valence-electron chi connectivity index (χ0n) is 15.6. The minimum Gasteiger partial charge on any atom is -0.352 e. The van der Waals surface area contributed by atoms with Crippen LogP contribution in [0.3, 0.4) is 0 Å². The summed E-state index contributed by atoms with van der Waals surface area (Å²) in [4.78, 5) is 16.8. The van der Waals surface area contributed by atoms with Gasteiger partial charge in [0, 0.05) is 37.2 Å². The van der Waals surface area contributed by atoms with Crippen LogP contribution in [0.1, 0.15) is 16.8 Å². The van der Waals surface area contributed by atoms with Gasteiger partial charge in [-0.25, -0.2) is 17.7 Å². The fourth-order valence-electron chi connectivity index (χ4n) is 2.78. The van der Waals surface area contributed by atoms with Crippen LogP contribution in [0.25, 0.3) is 11.0 Å². The maximum atomic E-state index is 12.4. The third kappa shape index (κ3) is 4.26. The zero-order valence-corrected chi connectivity index (χ0v) is 18.0. The van der Waals surface area contributed by atoms with Crippen molar-refractivity contribution in [2.45, 2.75) is 17.9 Å². The maximum absolute atomic E-state index is 12.4. The number of nitrogens with zero attached hydrogens (tertiary/aromatic N) is 3. The highest BCUT2D eigenvalue weighted by atomic mass is 79.9. The van der Waals surface area contributed by atoms with Crippen molar-refractivity contribution in [1.82, 2.24) is 19.2 Å². The number of hydrogen-bond acceptors (Lipinski definition) is 4. The van der Waals surface area contributed by atoms with Gasteiger partial charge in [0.05, 0.1) is 22.3 Å². The van der Waals surface area contributed by atoms with E-state index < -0.39 is 10.0 Å². The molecule has 0 aliphatic rings. The van der Waals surface area contributed by atoms with E-state index in [1.807, 2.05) is 28.8 Å². The molecule has 2 aromatic carbocycles. The van der Waals surface area contributed by atoms with E-state index in [9.17, 15) is 13.2 Å². The number of halogens is 1. The number of benzene rings is 2. The van der Waals surface area contributed by atoms with Crippen molar-refractivity contribution >= 4 is 42.9 Å². The van der Waals surface area contributed by atoms with Crippen molar-refractivity contribution in [3.63, 3.8) is 0 Å². The Balaban J connectivity index is 1.62. The Morgan fingerprint density at radius 3 is 2.71 bits per heavy atom. The Bertz CT molecular complexity index is 1110.